The maximum atomic E-state index is 4.88. The minimum Gasteiger partial charge on any atom is -0.353 e. The second-order valence-corrected chi connectivity index (χ2v) is 6.63. The molecule has 1 N–H and O–H groups in total. The molecular formula is C14H24Cl2N4S. The fourth-order valence-corrected chi connectivity index (χ4v) is 3.69. The monoisotopic (exact) mass is 350 g/mol. The summed E-state index contributed by atoms with van der Waals surface area (Å²) in [6.07, 6.45) is 2.36. The Labute approximate surface area is 143 Å². The van der Waals surface area contributed by atoms with Crippen LogP contribution < -0.4 is 10.2 Å². The Hall–Kier alpha value is -0.230. The van der Waals surface area contributed by atoms with E-state index in [9.17, 15) is 0 Å². The molecule has 0 bridgehead atoms. The smallest absolute Gasteiger partial charge is 0.146 e. The maximum Gasteiger partial charge on any atom is 0.146 e. The van der Waals surface area contributed by atoms with Gasteiger partial charge in [0.1, 0.15) is 11.6 Å². The van der Waals surface area contributed by atoms with E-state index in [2.05, 4.69) is 24.1 Å². The normalized spacial score (nSPS) is 17.8. The minimum atomic E-state index is 0. The lowest BCUT2D eigenvalue weighted by molar-refractivity contribution is 0.576. The largest absolute Gasteiger partial charge is 0.353 e. The molecule has 4 nitrogen and oxygen atoms in total. The van der Waals surface area contributed by atoms with E-state index in [1.54, 1.807) is 0 Å². The molecule has 2 aliphatic heterocycles. The molecule has 0 saturated carbocycles. The van der Waals surface area contributed by atoms with Crippen LogP contribution in [0.25, 0.3) is 0 Å². The highest BCUT2D eigenvalue weighted by Gasteiger charge is 2.23. The molecule has 21 heavy (non-hydrogen) atoms. The number of anilines is 1. The molecule has 1 saturated heterocycles. The second kappa shape index (κ2) is 8.42. The highest BCUT2D eigenvalue weighted by atomic mass is 35.5. The summed E-state index contributed by atoms with van der Waals surface area (Å²) >= 11 is 1.94. The van der Waals surface area contributed by atoms with Crippen molar-refractivity contribution in [3.05, 3.63) is 11.5 Å². The fourth-order valence-electron chi connectivity index (χ4n) is 2.58. The Morgan fingerprint density at radius 3 is 2.52 bits per heavy atom. The molecule has 1 aromatic rings. The molecule has 0 aliphatic carbocycles. The molecule has 0 amide bonds. The van der Waals surface area contributed by atoms with Gasteiger partial charge in [-0.05, 0) is 18.6 Å². The molecule has 1 aromatic heterocycles. The lowest BCUT2D eigenvalue weighted by atomic mass is 10.1. The number of hydrogen-bond acceptors (Lipinski definition) is 5. The molecule has 0 aromatic carbocycles. The topological polar surface area (TPSA) is 41.1 Å². The first kappa shape index (κ1) is 18.8. The highest BCUT2D eigenvalue weighted by molar-refractivity contribution is 7.99. The molecule has 3 heterocycles. The summed E-state index contributed by atoms with van der Waals surface area (Å²) in [6, 6.07) is 0. The average molecular weight is 351 g/mol. The number of rotatable bonds is 2. The van der Waals surface area contributed by atoms with E-state index in [0.29, 0.717) is 5.92 Å². The van der Waals surface area contributed by atoms with Gasteiger partial charge in [0.15, 0.2) is 0 Å². The number of hydrogen-bond donors (Lipinski definition) is 1. The van der Waals surface area contributed by atoms with Crippen molar-refractivity contribution in [2.75, 3.05) is 36.8 Å². The number of halogens is 2. The maximum absolute atomic E-state index is 4.88. The molecule has 1 fully saturated rings. The minimum absolute atomic E-state index is 0. The number of fused-ring (bicyclic) bond motifs is 1. The van der Waals surface area contributed by atoms with Crippen LogP contribution in [-0.2, 0) is 6.42 Å². The van der Waals surface area contributed by atoms with Gasteiger partial charge in [0, 0.05) is 32.1 Å². The average Bonchev–Trinajstić information content (AvgIpc) is 2.47. The van der Waals surface area contributed by atoms with Crippen LogP contribution >= 0.6 is 36.6 Å². The molecule has 2 aliphatic rings. The number of aromatic nitrogens is 2. The van der Waals surface area contributed by atoms with Crippen LogP contribution in [0.3, 0.4) is 0 Å². The third-order valence-corrected chi connectivity index (χ3v) is 4.87. The van der Waals surface area contributed by atoms with E-state index >= 15 is 0 Å². The van der Waals surface area contributed by atoms with Crippen LogP contribution in [0.2, 0.25) is 0 Å². The fraction of sp³-hybridized carbons (Fsp3) is 0.714. The molecule has 7 heteroatoms. The SMILES string of the molecule is CC(C)c1nc2c(c(N3CCNCC3)n1)SCCC2.Cl.Cl. The highest BCUT2D eigenvalue weighted by Crippen LogP contribution is 2.36. The first-order valence-corrected chi connectivity index (χ1v) is 8.23. The van der Waals surface area contributed by atoms with Crippen molar-refractivity contribution < 1.29 is 0 Å². The molecule has 0 atom stereocenters. The first-order valence-electron chi connectivity index (χ1n) is 7.25. The predicted molar refractivity (Wildman–Crippen MR) is 94.7 cm³/mol. The summed E-state index contributed by atoms with van der Waals surface area (Å²) in [5.74, 6) is 3.81. The summed E-state index contributed by atoms with van der Waals surface area (Å²) in [5.41, 5.74) is 1.28. The zero-order chi connectivity index (χ0) is 13.2. The van der Waals surface area contributed by atoms with E-state index in [-0.39, 0.29) is 24.8 Å². The Balaban J connectivity index is 0.00000110. The van der Waals surface area contributed by atoms with E-state index < -0.39 is 0 Å². The van der Waals surface area contributed by atoms with Gasteiger partial charge in [-0.25, -0.2) is 9.97 Å². The zero-order valence-corrected chi connectivity index (χ0v) is 15.0. The molecule has 0 unspecified atom stereocenters. The number of aryl methyl sites for hydroxylation is 1. The van der Waals surface area contributed by atoms with Gasteiger partial charge in [0.2, 0.25) is 0 Å². The molecule has 0 radical (unpaired) electrons. The van der Waals surface area contributed by atoms with E-state index in [1.807, 2.05) is 11.8 Å². The second-order valence-electron chi connectivity index (χ2n) is 5.52. The van der Waals surface area contributed by atoms with Gasteiger partial charge < -0.3 is 10.2 Å². The van der Waals surface area contributed by atoms with Crippen LogP contribution in [0.5, 0.6) is 0 Å². The lowest BCUT2D eigenvalue weighted by Gasteiger charge is -2.31. The van der Waals surface area contributed by atoms with Gasteiger partial charge in [-0.2, -0.15) is 0 Å². The van der Waals surface area contributed by atoms with Crippen LogP contribution in [0.1, 0.15) is 37.7 Å². The van der Waals surface area contributed by atoms with Crippen molar-refractivity contribution in [1.29, 1.82) is 0 Å². The number of nitrogens with zero attached hydrogens (tertiary/aromatic N) is 3. The summed E-state index contributed by atoms with van der Waals surface area (Å²) in [4.78, 5) is 13.4. The quantitative estimate of drug-likeness (QED) is 0.887. The summed E-state index contributed by atoms with van der Waals surface area (Å²) in [5, 5.41) is 3.41. The summed E-state index contributed by atoms with van der Waals surface area (Å²) in [7, 11) is 0. The van der Waals surface area contributed by atoms with Crippen molar-refractivity contribution >= 4 is 42.4 Å². The van der Waals surface area contributed by atoms with E-state index in [1.165, 1.54) is 28.6 Å². The standard InChI is InChI=1S/C14H22N4S.2ClH/c1-10(2)13-16-11-4-3-9-19-12(11)14(17-13)18-7-5-15-6-8-18;;/h10,15H,3-9H2,1-2H3;2*1H. The first-order chi connectivity index (χ1) is 9.25. The Morgan fingerprint density at radius 1 is 1.14 bits per heavy atom. The van der Waals surface area contributed by atoms with Crippen molar-refractivity contribution in [3.63, 3.8) is 0 Å². The van der Waals surface area contributed by atoms with Crippen molar-refractivity contribution in [3.8, 4) is 0 Å². The van der Waals surface area contributed by atoms with Crippen molar-refractivity contribution in [1.82, 2.24) is 15.3 Å². The predicted octanol–water partition coefficient (Wildman–Crippen LogP) is 2.89. The molecule has 0 spiro atoms. The molecule has 120 valence electrons. The van der Waals surface area contributed by atoms with Crippen molar-refractivity contribution in [2.24, 2.45) is 0 Å². The zero-order valence-electron chi connectivity index (χ0n) is 12.6. The molecular weight excluding hydrogens is 327 g/mol. The van der Waals surface area contributed by atoms with Gasteiger partial charge >= 0.3 is 0 Å². The Bertz CT molecular complexity index is 465. The molecule has 3 rings (SSSR count). The van der Waals surface area contributed by atoms with Crippen LogP contribution in [0.15, 0.2) is 4.90 Å². The Morgan fingerprint density at radius 2 is 1.86 bits per heavy atom. The Kier molecular flexibility index (Phi) is 7.54. The van der Waals surface area contributed by atoms with Gasteiger partial charge in [-0.1, -0.05) is 13.8 Å². The van der Waals surface area contributed by atoms with Gasteiger partial charge in [-0.15, -0.1) is 36.6 Å². The number of thioether (sulfide) groups is 1. The van der Waals surface area contributed by atoms with E-state index in [4.69, 9.17) is 9.97 Å². The third kappa shape index (κ3) is 4.15. The summed E-state index contributed by atoms with van der Waals surface area (Å²) < 4.78 is 0. The summed E-state index contributed by atoms with van der Waals surface area (Å²) in [6.45, 7) is 8.59. The number of nitrogens with one attached hydrogen (secondary N) is 1. The van der Waals surface area contributed by atoms with Gasteiger partial charge in [0.05, 0.1) is 10.6 Å². The van der Waals surface area contributed by atoms with Crippen LogP contribution in [-0.4, -0.2) is 41.9 Å². The van der Waals surface area contributed by atoms with Crippen LogP contribution in [0, 0.1) is 0 Å². The third-order valence-electron chi connectivity index (χ3n) is 3.67. The van der Waals surface area contributed by atoms with Crippen LogP contribution in [0.4, 0.5) is 5.82 Å². The van der Waals surface area contributed by atoms with Gasteiger partial charge in [-0.3, -0.25) is 0 Å². The van der Waals surface area contributed by atoms with Gasteiger partial charge in [0.25, 0.3) is 0 Å². The van der Waals surface area contributed by atoms with E-state index in [0.717, 1.165) is 38.4 Å². The lowest BCUT2D eigenvalue weighted by Crippen LogP contribution is -2.44. The number of piperazine rings is 1. The van der Waals surface area contributed by atoms with Crippen molar-refractivity contribution in [2.45, 2.75) is 37.5 Å².